The van der Waals surface area contributed by atoms with Crippen molar-refractivity contribution < 1.29 is 4.74 Å². The van der Waals surface area contributed by atoms with E-state index in [0.717, 1.165) is 6.42 Å². The van der Waals surface area contributed by atoms with E-state index in [2.05, 4.69) is 53.8 Å². The molecule has 2 aromatic rings. The van der Waals surface area contributed by atoms with Crippen LogP contribution in [0.25, 0.3) is 0 Å². The second kappa shape index (κ2) is 5.55. The van der Waals surface area contributed by atoms with Crippen LogP contribution in [0, 0.1) is 0 Å². The molecule has 1 aliphatic rings. The molecule has 0 fully saturated rings. The molecule has 0 aromatic heterocycles. The summed E-state index contributed by atoms with van der Waals surface area (Å²) in [7, 11) is 2.01. The lowest BCUT2D eigenvalue weighted by Crippen LogP contribution is -2.28. The Morgan fingerprint density at radius 2 is 1.79 bits per heavy atom. The van der Waals surface area contributed by atoms with Crippen LogP contribution in [-0.4, -0.2) is 13.2 Å². The maximum Gasteiger partial charge on any atom is 0.0814 e. The van der Waals surface area contributed by atoms with E-state index in [4.69, 9.17) is 4.74 Å². The van der Waals surface area contributed by atoms with Crippen molar-refractivity contribution in [2.24, 2.45) is 0 Å². The van der Waals surface area contributed by atoms with Gasteiger partial charge in [0.25, 0.3) is 0 Å². The number of likely N-dealkylation sites (N-methyl/N-ethyl adjacent to an activating group) is 1. The molecule has 0 amide bonds. The topological polar surface area (TPSA) is 21.3 Å². The second-order valence-electron chi connectivity index (χ2n) is 5.00. The molecule has 0 spiro atoms. The van der Waals surface area contributed by atoms with Crippen LogP contribution in [0.15, 0.2) is 54.6 Å². The Balaban J connectivity index is 1.70. The van der Waals surface area contributed by atoms with Crippen molar-refractivity contribution in [1.29, 1.82) is 0 Å². The van der Waals surface area contributed by atoms with Crippen LogP contribution >= 0.6 is 0 Å². The van der Waals surface area contributed by atoms with Gasteiger partial charge in [-0.2, -0.15) is 0 Å². The molecule has 0 saturated heterocycles. The van der Waals surface area contributed by atoms with Crippen molar-refractivity contribution >= 4 is 0 Å². The third kappa shape index (κ3) is 2.55. The van der Waals surface area contributed by atoms with Crippen LogP contribution in [0.3, 0.4) is 0 Å². The third-order valence-corrected chi connectivity index (χ3v) is 3.80. The summed E-state index contributed by atoms with van der Waals surface area (Å²) >= 11 is 0. The molecular formula is C17H19NO. The fraction of sp³-hybridized carbons (Fsp3) is 0.294. The molecule has 0 aliphatic heterocycles. The molecule has 1 aliphatic carbocycles. The first-order chi connectivity index (χ1) is 9.38. The van der Waals surface area contributed by atoms with Crippen molar-refractivity contribution in [2.75, 3.05) is 7.05 Å². The summed E-state index contributed by atoms with van der Waals surface area (Å²) in [5.41, 5.74) is 4.01. The number of benzene rings is 2. The first kappa shape index (κ1) is 12.4. The first-order valence-corrected chi connectivity index (χ1v) is 6.79. The van der Waals surface area contributed by atoms with E-state index in [9.17, 15) is 0 Å². The average Bonchev–Trinajstić information content (AvgIpc) is 2.83. The lowest BCUT2D eigenvalue weighted by Gasteiger charge is -2.20. The van der Waals surface area contributed by atoms with Gasteiger partial charge in [0.2, 0.25) is 0 Å². The fourth-order valence-corrected chi connectivity index (χ4v) is 2.83. The third-order valence-electron chi connectivity index (χ3n) is 3.80. The van der Waals surface area contributed by atoms with Gasteiger partial charge in [-0.25, -0.2) is 0 Å². The molecule has 2 unspecified atom stereocenters. The van der Waals surface area contributed by atoms with Gasteiger partial charge in [-0.3, -0.25) is 0 Å². The summed E-state index contributed by atoms with van der Waals surface area (Å²) in [5.74, 6) is 0. The van der Waals surface area contributed by atoms with Crippen molar-refractivity contribution in [2.45, 2.75) is 25.2 Å². The standard InChI is InChI=1S/C17H19NO/c1-18-17-15-10-6-5-9-14(15)11-16(17)19-12-13-7-3-2-4-8-13/h2-10,16-18H,11-12H2,1H3. The Morgan fingerprint density at radius 1 is 1.05 bits per heavy atom. The maximum absolute atomic E-state index is 6.11. The van der Waals surface area contributed by atoms with E-state index in [1.165, 1.54) is 16.7 Å². The van der Waals surface area contributed by atoms with Crippen LogP contribution < -0.4 is 5.32 Å². The van der Waals surface area contributed by atoms with Crippen LogP contribution in [0.2, 0.25) is 0 Å². The van der Waals surface area contributed by atoms with Gasteiger partial charge in [0, 0.05) is 6.42 Å². The number of hydrogen-bond acceptors (Lipinski definition) is 2. The summed E-state index contributed by atoms with van der Waals surface area (Å²) in [4.78, 5) is 0. The summed E-state index contributed by atoms with van der Waals surface area (Å²) in [6.07, 6.45) is 1.22. The highest BCUT2D eigenvalue weighted by Crippen LogP contribution is 2.33. The van der Waals surface area contributed by atoms with Gasteiger partial charge in [-0.05, 0) is 23.7 Å². The zero-order chi connectivity index (χ0) is 13.1. The van der Waals surface area contributed by atoms with Gasteiger partial charge in [-0.1, -0.05) is 54.6 Å². The van der Waals surface area contributed by atoms with Crippen LogP contribution in [0.4, 0.5) is 0 Å². The number of hydrogen-bond donors (Lipinski definition) is 1. The molecule has 98 valence electrons. The number of rotatable bonds is 4. The summed E-state index contributed by atoms with van der Waals surface area (Å²) in [6.45, 7) is 0.678. The van der Waals surface area contributed by atoms with E-state index >= 15 is 0 Å². The minimum Gasteiger partial charge on any atom is -0.371 e. The molecule has 0 heterocycles. The zero-order valence-corrected chi connectivity index (χ0v) is 11.2. The Bertz CT molecular complexity index is 538. The van der Waals surface area contributed by atoms with Crippen molar-refractivity contribution in [1.82, 2.24) is 5.32 Å². The highest BCUT2D eigenvalue weighted by molar-refractivity contribution is 5.36. The molecule has 3 rings (SSSR count). The van der Waals surface area contributed by atoms with Gasteiger partial charge < -0.3 is 10.1 Å². The Morgan fingerprint density at radius 3 is 2.58 bits per heavy atom. The number of nitrogens with one attached hydrogen (secondary N) is 1. The fourth-order valence-electron chi connectivity index (χ4n) is 2.83. The highest BCUT2D eigenvalue weighted by atomic mass is 16.5. The second-order valence-corrected chi connectivity index (χ2v) is 5.00. The molecule has 2 aromatic carbocycles. The quantitative estimate of drug-likeness (QED) is 0.904. The minimum absolute atomic E-state index is 0.225. The van der Waals surface area contributed by atoms with Crippen LogP contribution in [0.1, 0.15) is 22.7 Å². The zero-order valence-electron chi connectivity index (χ0n) is 11.2. The first-order valence-electron chi connectivity index (χ1n) is 6.79. The van der Waals surface area contributed by atoms with E-state index in [0.29, 0.717) is 12.6 Å². The summed E-state index contributed by atoms with van der Waals surface area (Å²) in [6, 6.07) is 19.3. The average molecular weight is 253 g/mol. The normalized spacial score (nSPS) is 21.3. The van der Waals surface area contributed by atoms with E-state index < -0.39 is 0 Å². The summed E-state index contributed by atoms with van der Waals surface area (Å²) < 4.78 is 6.11. The number of fused-ring (bicyclic) bond motifs is 1. The van der Waals surface area contributed by atoms with Gasteiger partial charge >= 0.3 is 0 Å². The highest BCUT2D eigenvalue weighted by Gasteiger charge is 2.31. The maximum atomic E-state index is 6.11. The molecule has 2 atom stereocenters. The molecule has 19 heavy (non-hydrogen) atoms. The van der Waals surface area contributed by atoms with Crippen molar-refractivity contribution in [3.05, 3.63) is 71.3 Å². The van der Waals surface area contributed by atoms with Crippen molar-refractivity contribution in [3.63, 3.8) is 0 Å². The Kier molecular flexibility index (Phi) is 3.62. The van der Waals surface area contributed by atoms with Gasteiger partial charge in [0.15, 0.2) is 0 Å². The Labute approximate surface area is 114 Å². The molecule has 2 heteroatoms. The molecule has 1 N–H and O–H groups in total. The smallest absolute Gasteiger partial charge is 0.0814 e. The monoisotopic (exact) mass is 253 g/mol. The molecule has 0 bridgehead atoms. The van der Waals surface area contributed by atoms with Gasteiger partial charge in [-0.15, -0.1) is 0 Å². The van der Waals surface area contributed by atoms with Crippen molar-refractivity contribution in [3.8, 4) is 0 Å². The van der Waals surface area contributed by atoms with E-state index in [1.54, 1.807) is 0 Å². The van der Waals surface area contributed by atoms with Gasteiger partial charge in [0.1, 0.15) is 0 Å². The van der Waals surface area contributed by atoms with Crippen LogP contribution in [-0.2, 0) is 17.8 Å². The molecule has 0 saturated carbocycles. The Hall–Kier alpha value is -1.64. The summed E-state index contributed by atoms with van der Waals surface area (Å²) in [5, 5.41) is 3.38. The van der Waals surface area contributed by atoms with Crippen LogP contribution in [0.5, 0.6) is 0 Å². The number of ether oxygens (including phenoxy) is 1. The molecular weight excluding hydrogens is 234 g/mol. The molecule has 0 radical (unpaired) electrons. The predicted molar refractivity (Wildman–Crippen MR) is 77.0 cm³/mol. The predicted octanol–water partition coefficient (Wildman–Crippen LogP) is 3.09. The minimum atomic E-state index is 0.225. The van der Waals surface area contributed by atoms with E-state index in [-0.39, 0.29) is 6.10 Å². The van der Waals surface area contributed by atoms with E-state index in [1.807, 2.05) is 13.1 Å². The lowest BCUT2D eigenvalue weighted by atomic mass is 10.1. The SMILES string of the molecule is CNC1c2ccccc2CC1OCc1ccccc1. The lowest BCUT2D eigenvalue weighted by molar-refractivity contribution is 0.0245. The molecule has 2 nitrogen and oxygen atoms in total. The van der Waals surface area contributed by atoms with Gasteiger partial charge in [0.05, 0.1) is 18.8 Å². The largest absolute Gasteiger partial charge is 0.371 e.